The van der Waals surface area contributed by atoms with E-state index in [0.717, 1.165) is 25.1 Å². The van der Waals surface area contributed by atoms with Crippen LogP contribution in [0.5, 0.6) is 0 Å². The van der Waals surface area contributed by atoms with Gasteiger partial charge in [-0.15, -0.1) is 17.5 Å². The maximum Gasteiger partial charge on any atom is 0.309 e. The van der Waals surface area contributed by atoms with Gasteiger partial charge in [0.15, 0.2) is 5.17 Å². The van der Waals surface area contributed by atoms with Crippen LogP contribution in [0.1, 0.15) is 56.3 Å². The van der Waals surface area contributed by atoms with Crippen LogP contribution < -0.4 is 16.1 Å². The number of halogens is 1. The molecule has 1 aliphatic carbocycles. The fourth-order valence-electron chi connectivity index (χ4n) is 4.35. The topological polar surface area (TPSA) is 120 Å². The number of benzene rings is 1. The van der Waals surface area contributed by atoms with Gasteiger partial charge in [0, 0.05) is 31.0 Å². The van der Waals surface area contributed by atoms with E-state index in [2.05, 4.69) is 21.2 Å². The zero-order chi connectivity index (χ0) is 25.4. The lowest BCUT2D eigenvalue weighted by molar-refractivity contribution is -0.141. The molecule has 1 aromatic carbocycles. The number of hydrogen-bond donors (Lipinski definition) is 3. The van der Waals surface area contributed by atoms with Crippen molar-refractivity contribution in [3.63, 3.8) is 0 Å². The maximum absolute atomic E-state index is 13.3. The number of Topliss-reactive ketones (excluding diaryl/α,β-unsaturated/α-hetero) is 1. The van der Waals surface area contributed by atoms with Gasteiger partial charge in [0.25, 0.3) is 5.91 Å². The minimum Gasteiger partial charge on any atom is -0.352 e. The lowest BCUT2D eigenvalue weighted by Crippen LogP contribution is -2.53. The molecule has 0 unspecified atom stereocenters. The highest BCUT2D eigenvalue weighted by atomic mass is 35.5. The number of thioether (sulfide) groups is 1. The normalized spacial score (nSPS) is 21.4. The summed E-state index contributed by atoms with van der Waals surface area (Å²) >= 11 is 1.50. The number of carbonyl (C=O) groups is 4. The highest BCUT2D eigenvalue weighted by Gasteiger charge is 2.35. The molecule has 2 fully saturated rings. The highest BCUT2D eigenvalue weighted by Crippen LogP contribution is 2.25. The van der Waals surface area contributed by atoms with Gasteiger partial charge < -0.3 is 15.5 Å². The van der Waals surface area contributed by atoms with E-state index in [1.54, 1.807) is 24.3 Å². The number of rotatable bonds is 9. The quantitative estimate of drug-likeness (QED) is 0.329. The second-order valence-corrected chi connectivity index (χ2v) is 10.6. The molecular formula is C25H36ClN5O4S. The summed E-state index contributed by atoms with van der Waals surface area (Å²) in [6, 6.07) is 7.60. The molecule has 36 heavy (non-hydrogen) atoms. The Balaban J connectivity index is 0.00000456. The summed E-state index contributed by atoms with van der Waals surface area (Å²) in [6.45, 7) is 4.68. The summed E-state index contributed by atoms with van der Waals surface area (Å²) in [5.41, 5.74) is 2.88. The van der Waals surface area contributed by atoms with Crippen molar-refractivity contribution in [1.82, 2.24) is 21.0 Å². The third kappa shape index (κ3) is 8.23. The lowest BCUT2D eigenvalue weighted by atomic mass is 9.83. The molecule has 3 N–H and O–H groups in total. The van der Waals surface area contributed by atoms with Crippen molar-refractivity contribution in [1.29, 1.82) is 0 Å². The molecule has 0 bridgehead atoms. The van der Waals surface area contributed by atoms with Gasteiger partial charge in [-0.05, 0) is 37.3 Å². The standard InChI is InChI=1S/C25H35N5O4S.ClH/c1-16(2)15-20(21(31)24(34)28-29-25-30(3)13-14-35-25)27-23(33)18-11-7-8-12-19(18)26-22(32)17-9-5-4-6-10-17;/h4-6,9-10,16,18-20H,7-8,11-15H2,1-3H3,(H,26,32)(H,27,33)(H,28,34);1H/t18-,19+,20+;/m1./s1. The molecule has 2 aliphatic rings. The van der Waals surface area contributed by atoms with E-state index >= 15 is 0 Å². The van der Waals surface area contributed by atoms with E-state index in [-0.39, 0.29) is 36.2 Å². The monoisotopic (exact) mass is 537 g/mol. The summed E-state index contributed by atoms with van der Waals surface area (Å²) in [5, 5.41) is 10.5. The van der Waals surface area contributed by atoms with Gasteiger partial charge in [-0.2, -0.15) is 0 Å². The van der Waals surface area contributed by atoms with Gasteiger partial charge >= 0.3 is 5.91 Å². The zero-order valence-corrected chi connectivity index (χ0v) is 22.6. The molecule has 0 radical (unpaired) electrons. The Morgan fingerprint density at radius 3 is 2.44 bits per heavy atom. The molecule has 1 aliphatic heterocycles. The lowest BCUT2D eigenvalue weighted by Gasteiger charge is -2.32. The van der Waals surface area contributed by atoms with E-state index in [0.29, 0.717) is 30.0 Å². The van der Waals surface area contributed by atoms with Gasteiger partial charge in [-0.1, -0.05) is 56.7 Å². The number of nitrogens with zero attached hydrogens (tertiary/aromatic N) is 2. The molecule has 11 heteroatoms. The Kier molecular flexibility index (Phi) is 11.7. The molecule has 1 aromatic rings. The van der Waals surface area contributed by atoms with Crippen LogP contribution in [0.3, 0.4) is 0 Å². The molecule has 198 valence electrons. The second kappa shape index (κ2) is 14.2. The molecule has 1 saturated heterocycles. The Hall–Kier alpha value is -2.59. The number of amidine groups is 1. The van der Waals surface area contributed by atoms with Crippen molar-refractivity contribution in [3.05, 3.63) is 35.9 Å². The van der Waals surface area contributed by atoms with Crippen molar-refractivity contribution >= 4 is 52.8 Å². The predicted molar refractivity (Wildman–Crippen MR) is 144 cm³/mol. The van der Waals surface area contributed by atoms with Gasteiger partial charge in [0.2, 0.25) is 11.7 Å². The van der Waals surface area contributed by atoms with Crippen LogP contribution >= 0.6 is 24.2 Å². The average molecular weight is 538 g/mol. The highest BCUT2D eigenvalue weighted by molar-refractivity contribution is 8.14. The third-order valence-electron chi connectivity index (χ3n) is 6.26. The fraction of sp³-hybridized carbons (Fsp3) is 0.560. The molecule has 3 rings (SSSR count). The molecule has 1 saturated carbocycles. The first-order valence-electron chi connectivity index (χ1n) is 12.2. The predicted octanol–water partition coefficient (Wildman–Crippen LogP) is 2.56. The van der Waals surface area contributed by atoms with Crippen LogP contribution in [0.25, 0.3) is 0 Å². The minimum atomic E-state index is -0.955. The van der Waals surface area contributed by atoms with Crippen LogP contribution in [-0.4, -0.2) is 65.0 Å². The van der Waals surface area contributed by atoms with Gasteiger partial charge in [-0.25, -0.2) is 5.43 Å². The van der Waals surface area contributed by atoms with Crippen molar-refractivity contribution in [2.75, 3.05) is 19.3 Å². The molecule has 1 heterocycles. The van der Waals surface area contributed by atoms with E-state index in [1.165, 1.54) is 11.8 Å². The fourth-order valence-corrected chi connectivity index (χ4v) is 5.32. The van der Waals surface area contributed by atoms with Crippen LogP contribution in [0.4, 0.5) is 0 Å². The number of amides is 3. The van der Waals surface area contributed by atoms with E-state index in [4.69, 9.17) is 0 Å². The number of nitrogens with one attached hydrogen (secondary N) is 3. The summed E-state index contributed by atoms with van der Waals surface area (Å²) in [6.07, 6.45) is 3.39. The van der Waals surface area contributed by atoms with E-state index in [1.807, 2.05) is 31.9 Å². The number of carbonyl (C=O) groups excluding carboxylic acids is 4. The van der Waals surface area contributed by atoms with E-state index < -0.39 is 23.7 Å². The Morgan fingerprint density at radius 1 is 1.11 bits per heavy atom. The van der Waals surface area contributed by atoms with Crippen LogP contribution in [0.15, 0.2) is 35.4 Å². The molecule has 9 nitrogen and oxygen atoms in total. The Bertz CT molecular complexity index is 959. The molecule has 3 amide bonds. The second-order valence-electron chi connectivity index (χ2n) is 9.50. The summed E-state index contributed by atoms with van der Waals surface area (Å²) in [7, 11) is 1.87. The molecule has 0 spiro atoms. The first kappa shape index (κ1) is 29.6. The van der Waals surface area contributed by atoms with Gasteiger partial charge in [0.1, 0.15) is 0 Å². The van der Waals surface area contributed by atoms with Crippen molar-refractivity contribution in [2.45, 2.75) is 58.0 Å². The SMILES string of the molecule is CC(C)C[C@H](NC(=O)[C@@H]1CCCC[C@@H]1NC(=O)c1ccccc1)C(=O)C(=O)NN=C1SCCN1C.Cl. The largest absolute Gasteiger partial charge is 0.352 e. The minimum absolute atomic E-state index is 0. The Labute approximate surface area is 223 Å². The molecule has 3 atom stereocenters. The van der Waals surface area contributed by atoms with Crippen molar-refractivity contribution in [3.8, 4) is 0 Å². The van der Waals surface area contributed by atoms with Gasteiger partial charge in [0.05, 0.1) is 12.0 Å². The number of ketones is 1. The first-order valence-corrected chi connectivity index (χ1v) is 13.2. The first-order chi connectivity index (χ1) is 16.8. The van der Waals surface area contributed by atoms with Crippen molar-refractivity contribution in [2.24, 2.45) is 16.9 Å². The zero-order valence-electron chi connectivity index (χ0n) is 21.0. The molecule has 0 aromatic heterocycles. The Morgan fingerprint density at radius 2 is 1.81 bits per heavy atom. The van der Waals surface area contributed by atoms with Crippen LogP contribution in [0, 0.1) is 11.8 Å². The van der Waals surface area contributed by atoms with Gasteiger partial charge in [-0.3, -0.25) is 19.2 Å². The molecular weight excluding hydrogens is 502 g/mol. The van der Waals surface area contributed by atoms with Crippen molar-refractivity contribution < 1.29 is 19.2 Å². The number of hydrazone groups is 1. The summed E-state index contributed by atoms with van der Waals surface area (Å²) in [4.78, 5) is 53.3. The van der Waals surface area contributed by atoms with E-state index in [9.17, 15) is 19.2 Å². The maximum atomic E-state index is 13.3. The van der Waals surface area contributed by atoms with Crippen LogP contribution in [0.2, 0.25) is 0 Å². The summed E-state index contributed by atoms with van der Waals surface area (Å²) in [5.74, 6) is -1.62. The summed E-state index contributed by atoms with van der Waals surface area (Å²) < 4.78 is 0. The number of hydrogen-bond acceptors (Lipinski definition) is 6. The smallest absolute Gasteiger partial charge is 0.309 e. The third-order valence-corrected chi connectivity index (χ3v) is 7.30. The van der Waals surface area contributed by atoms with Crippen LogP contribution in [-0.2, 0) is 14.4 Å². The average Bonchev–Trinajstić information content (AvgIpc) is 3.26.